The Morgan fingerprint density at radius 3 is 2.94 bits per heavy atom. The van der Waals surface area contributed by atoms with Crippen LogP contribution in [-0.4, -0.2) is 43.7 Å². The molecule has 0 saturated carbocycles. The molecular weight excluding hydrogens is 442 g/mol. The molecule has 2 aliphatic rings. The van der Waals surface area contributed by atoms with Crippen molar-refractivity contribution in [2.24, 2.45) is 0 Å². The van der Waals surface area contributed by atoms with Crippen molar-refractivity contribution in [3.8, 4) is 12.0 Å². The third kappa shape index (κ3) is 3.40. The van der Waals surface area contributed by atoms with Crippen molar-refractivity contribution in [2.45, 2.75) is 32.5 Å². The van der Waals surface area contributed by atoms with E-state index < -0.39 is 0 Å². The van der Waals surface area contributed by atoms with Crippen LogP contribution in [0.3, 0.4) is 0 Å². The van der Waals surface area contributed by atoms with Gasteiger partial charge < -0.3 is 9.84 Å². The van der Waals surface area contributed by atoms with E-state index in [1.807, 2.05) is 48.0 Å². The Hall–Kier alpha value is -4.06. The summed E-state index contributed by atoms with van der Waals surface area (Å²) in [5.41, 5.74) is 7.02. The number of carbonyl (C=O) groups is 1. The van der Waals surface area contributed by atoms with Gasteiger partial charge in [0.1, 0.15) is 12.7 Å². The number of nitriles is 1. The average molecular weight is 466 g/mol. The Morgan fingerprint density at radius 2 is 2.11 bits per heavy atom. The summed E-state index contributed by atoms with van der Waals surface area (Å²) in [6.07, 6.45) is 4.35. The molecule has 0 amide bonds. The van der Waals surface area contributed by atoms with Gasteiger partial charge in [0.05, 0.1) is 35.0 Å². The molecule has 2 aromatic carbocycles. The van der Waals surface area contributed by atoms with Gasteiger partial charge >= 0.3 is 5.97 Å². The fourth-order valence-electron chi connectivity index (χ4n) is 5.28. The lowest BCUT2D eigenvalue weighted by molar-refractivity contribution is 0.0534. The van der Waals surface area contributed by atoms with E-state index in [2.05, 4.69) is 16.0 Å². The molecule has 8 nitrogen and oxygen atoms in total. The summed E-state index contributed by atoms with van der Waals surface area (Å²) in [5, 5.41) is 20.7. The molecule has 0 aliphatic carbocycles. The van der Waals surface area contributed by atoms with E-state index in [4.69, 9.17) is 9.72 Å². The molecule has 1 unspecified atom stereocenters. The maximum absolute atomic E-state index is 11.9. The monoisotopic (exact) mass is 465 g/mol. The lowest BCUT2D eigenvalue weighted by Gasteiger charge is -2.35. The van der Waals surface area contributed by atoms with E-state index in [0.717, 1.165) is 51.8 Å². The lowest BCUT2D eigenvalue weighted by atomic mass is 9.92. The van der Waals surface area contributed by atoms with Crippen LogP contribution in [0.25, 0.3) is 16.9 Å². The van der Waals surface area contributed by atoms with Crippen LogP contribution in [0.5, 0.6) is 0 Å². The largest absolute Gasteiger partial charge is 0.457 e. The molecular formula is C27H23N5O3. The predicted octanol–water partition coefficient (Wildman–Crippen LogP) is 3.36. The fraction of sp³-hybridized carbons (Fsp3) is 0.259. The van der Waals surface area contributed by atoms with Gasteiger partial charge in [-0.15, -0.1) is 0 Å². The van der Waals surface area contributed by atoms with Crippen LogP contribution in [0.1, 0.15) is 49.9 Å². The number of hydrogen-bond acceptors (Lipinski definition) is 7. The number of cyclic esters (lactones) is 1. The van der Waals surface area contributed by atoms with Crippen LogP contribution >= 0.6 is 0 Å². The number of fused-ring (bicyclic) bond motifs is 3. The summed E-state index contributed by atoms with van der Waals surface area (Å²) >= 11 is 0. The SMILES string of the molecule is Cc1c(C(CO)N2CCc3nc(-n4cc(C#N)c5ccccc54)ncc3C2)ccc2c1COC2=O. The highest BCUT2D eigenvalue weighted by Crippen LogP contribution is 2.34. The van der Waals surface area contributed by atoms with Crippen molar-refractivity contribution in [2.75, 3.05) is 13.2 Å². The molecule has 2 aliphatic heterocycles. The van der Waals surface area contributed by atoms with E-state index >= 15 is 0 Å². The summed E-state index contributed by atoms with van der Waals surface area (Å²) in [6, 6.07) is 13.5. The second kappa shape index (κ2) is 8.31. The number of benzene rings is 2. The minimum absolute atomic E-state index is 0.0327. The molecule has 8 heteroatoms. The van der Waals surface area contributed by atoms with Gasteiger partial charge in [-0.05, 0) is 30.2 Å². The summed E-state index contributed by atoms with van der Waals surface area (Å²) in [4.78, 5) is 23.6. The smallest absolute Gasteiger partial charge is 0.338 e. The first kappa shape index (κ1) is 21.5. The molecule has 1 atom stereocenters. The molecule has 35 heavy (non-hydrogen) atoms. The van der Waals surface area contributed by atoms with Crippen LogP contribution in [0.4, 0.5) is 0 Å². The molecule has 4 aromatic rings. The van der Waals surface area contributed by atoms with Crippen LogP contribution in [0.2, 0.25) is 0 Å². The number of aliphatic hydroxyl groups excluding tert-OH is 1. The standard InChI is InChI=1S/C27H23N5O3/c1-16-19(6-7-21-22(16)15-35-26(21)34)25(14-33)31-9-8-23-18(12-31)11-29-27(30-23)32-13-17(10-28)20-4-2-3-5-24(20)32/h2-7,11,13,25,33H,8-9,12,14-15H2,1H3. The number of carbonyl (C=O) groups excluding carboxylic acids is 1. The van der Waals surface area contributed by atoms with Gasteiger partial charge in [0.2, 0.25) is 5.95 Å². The zero-order valence-corrected chi connectivity index (χ0v) is 19.2. The first-order valence-corrected chi connectivity index (χ1v) is 11.6. The average Bonchev–Trinajstić information content (AvgIpc) is 3.46. The van der Waals surface area contributed by atoms with Crippen LogP contribution in [0.15, 0.2) is 48.8 Å². The number of ether oxygens (including phenoxy) is 1. The zero-order chi connectivity index (χ0) is 24.1. The second-order valence-corrected chi connectivity index (χ2v) is 8.98. The summed E-state index contributed by atoms with van der Waals surface area (Å²) in [6.45, 7) is 3.59. The van der Waals surface area contributed by atoms with E-state index in [-0.39, 0.29) is 25.2 Å². The molecule has 0 bridgehead atoms. The molecule has 6 rings (SSSR count). The van der Waals surface area contributed by atoms with E-state index in [0.29, 0.717) is 23.6 Å². The fourth-order valence-corrected chi connectivity index (χ4v) is 5.28. The molecule has 0 radical (unpaired) electrons. The highest BCUT2D eigenvalue weighted by atomic mass is 16.5. The third-order valence-electron chi connectivity index (χ3n) is 7.18. The van der Waals surface area contributed by atoms with Crippen LogP contribution < -0.4 is 0 Å². The first-order chi connectivity index (χ1) is 17.1. The molecule has 0 fully saturated rings. The van der Waals surface area contributed by atoms with Gasteiger partial charge in [0.25, 0.3) is 0 Å². The molecule has 174 valence electrons. The Kier molecular flexibility index (Phi) is 5.10. The topological polar surface area (TPSA) is 104 Å². The predicted molar refractivity (Wildman–Crippen MR) is 128 cm³/mol. The lowest BCUT2D eigenvalue weighted by Crippen LogP contribution is -2.37. The van der Waals surface area contributed by atoms with Crippen molar-refractivity contribution in [3.63, 3.8) is 0 Å². The minimum Gasteiger partial charge on any atom is -0.457 e. The van der Waals surface area contributed by atoms with Crippen molar-refractivity contribution in [1.82, 2.24) is 19.4 Å². The summed E-state index contributed by atoms with van der Waals surface area (Å²) < 4.78 is 7.07. The van der Waals surface area contributed by atoms with Gasteiger partial charge in [0, 0.05) is 48.4 Å². The zero-order valence-electron chi connectivity index (χ0n) is 19.2. The van der Waals surface area contributed by atoms with Gasteiger partial charge in [0.15, 0.2) is 0 Å². The van der Waals surface area contributed by atoms with Gasteiger partial charge in [-0.25, -0.2) is 14.8 Å². The number of nitrogens with zero attached hydrogens (tertiary/aromatic N) is 5. The number of hydrogen-bond donors (Lipinski definition) is 1. The Bertz CT molecular complexity index is 1530. The molecule has 0 saturated heterocycles. The van der Waals surface area contributed by atoms with Crippen LogP contribution in [-0.2, 0) is 24.3 Å². The molecule has 1 N–H and O–H groups in total. The van der Waals surface area contributed by atoms with Gasteiger partial charge in [-0.1, -0.05) is 24.3 Å². The molecule has 0 spiro atoms. The maximum atomic E-state index is 11.9. The number of aromatic nitrogens is 3. The number of rotatable bonds is 4. The summed E-state index contributed by atoms with van der Waals surface area (Å²) in [5.74, 6) is 0.264. The van der Waals surface area contributed by atoms with E-state index in [9.17, 15) is 15.2 Å². The highest BCUT2D eigenvalue weighted by molar-refractivity contribution is 5.94. The maximum Gasteiger partial charge on any atom is 0.338 e. The number of aliphatic hydroxyl groups is 1. The Morgan fingerprint density at radius 1 is 1.26 bits per heavy atom. The van der Waals surface area contributed by atoms with Crippen molar-refractivity contribution in [1.29, 1.82) is 5.26 Å². The number of para-hydroxylation sites is 1. The molecule has 2 aromatic heterocycles. The third-order valence-corrected chi connectivity index (χ3v) is 7.18. The van der Waals surface area contributed by atoms with E-state index in [1.54, 1.807) is 12.3 Å². The van der Waals surface area contributed by atoms with Crippen molar-refractivity contribution >= 4 is 16.9 Å². The van der Waals surface area contributed by atoms with Crippen molar-refractivity contribution < 1.29 is 14.6 Å². The van der Waals surface area contributed by atoms with Crippen LogP contribution in [0, 0.1) is 18.3 Å². The Labute approximate surface area is 202 Å². The Balaban J connectivity index is 1.31. The van der Waals surface area contributed by atoms with E-state index in [1.165, 1.54) is 0 Å². The van der Waals surface area contributed by atoms with Gasteiger partial charge in [-0.2, -0.15) is 5.26 Å². The number of esters is 1. The molecule has 4 heterocycles. The highest BCUT2D eigenvalue weighted by Gasteiger charge is 2.30. The minimum atomic E-state index is -0.285. The summed E-state index contributed by atoms with van der Waals surface area (Å²) in [7, 11) is 0. The normalized spacial score (nSPS) is 16.0. The quantitative estimate of drug-likeness (QED) is 0.461. The van der Waals surface area contributed by atoms with Gasteiger partial charge in [-0.3, -0.25) is 9.47 Å². The van der Waals surface area contributed by atoms with Crippen molar-refractivity contribution in [3.05, 3.63) is 87.9 Å². The second-order valence-electron chi connectivity index (χ2n) is 8.98. The first-order valence-electron chi connectivity index (χ1n) is 11.6.